The van der Waals surface area contributed by atoms with Crippen molar-refractivity contribution < 1.29 is 0 Å². The Bertz CT molecular complexity index is 718. The molecule has 108 valence electrons. The number of aromatic amines is 1. The van der Waals surface area contributed by atoms with Crippen LogP contribution < -0.4 is 5.32 Å². The van der Waals surface area contributed by atoms with E-state index in [0.717, 1.165) is 34.5 Å². The highest BCUT2D eigenvalue weighted by molar-refractivity contribution is 6.30. The van der Waals surface area contributed by atoms with E-state index in [0.29, 0.717) is 0 Å². The number of nitrogens with zero attached hydrogens (tertiary/aromatic N) is 1. The van der Waals surface area contributed by atoms with Crippen LogP contribution in [0.1, 0.15) is 31.4 Å². The first-order valence-electron chi connectivity index (χ1n) is 7.22. The van der Waals surface area contributed by atoms with Crippen molar-refractivity contribution in [2.45, 2.75) is 25.8 Å². The average molecular weight is 300 g/mol. The average Bonchev–Trinajstić information content (AvgIpc) is 2.97. The van der Waals surface area contributed by atoms with Crippen LogP contribution in [-0.4, -0.2) is 10.2 Å². The molecule has 0 aliphatic heterocycles. The number of nitrogens with one attached hydrogen (secondary N) is 2. The quantitative estimate of drug-likeness (QED) is 0.682. The monoisotopic (exact) mass is 299 g/mol. The van der Waals surface area contributed by atoms with Crippen LogP contribution in [0.25, 0.3) is 10.9 Å². The van der Waals surface area contributed by atoms with Gasteiger partial charge in [-0.25, -0.2) is 0 Å². The Morgan fingerprint density at radius 1 is 1.19 bits per heavy atom. The maximum Gasteiger partial charge on any atom is 0.0881 e. The summed E-state index contributed by atoms with van der Waals surface area (Å²) in [5.74, 6) is 0. The zero-order valence-corrected chi connectivity index (χ0v) is 12.7. The van der Waals surface area contributed by atoms with Crippen LogP contribution in [0, 0.1) is 0 Å². The molecule has 1 atom stereocenters. The molecular formula is C17H18ClN3. The summed E-state index contributed by atoms with van der Waals surface area (Å²) >= 11 is 5.98. The van der Waals surface area contributed by atoms with Crippen LogP contribution in [0.4, 0.5) is 5.69 Å². The third kappa shape index (κ3) is 3.03. The summed E-state index contributed by atoms with van der Waals surface area (Å²) in [6, 6.07) is 14.5. The lowest BCUT2D eigenvalue weighted by Gasteiger charge is -2.20. The largest absolute Gasteiger partial charge is 0.376 e. The van der Waals surface area contributed by atoms with Gasteiger partial charge in [0, 0.05) is 10.4 Å². The molecule has 2 N–H and O–H groups in total. The second-order valence-electron chi connectivity index (χ2n) is 5.18. The van der Waals surface area contributed by atoms with Crippen LogP contribution in [0.15, 0.2) is 48.7 Å². The number of H-pyrrole nitrogens is 1. The number of hydrogen-bond acceptors (Lipinski definition) is 2. The molecule has 0 saturated carbocycles. The number of aromatic nitrogens is 2. The van der Waals surface area contributed by atoms with E-state index in [9.17, 15) is 0 Å². The molecule has 21 heavy (non-hydrogen) atoms. The maximum absolute atomic E-state index is 5.98. The molecule has 1 aromatic heterocycles. The van der Waals surface area contributed by atoms with Gasteiger partial charge in [0.25, 0.3) is 0 Å². The van der Waals surface area contributed by atoms with Gasteiger partial charge >= 0.3 is 0 Å². The highest BCUT2D eigenvalue weighted by Crippen LogP contribution is 2.28. The summed E-state index contributed by atoms with van der Waals surface area (Å²) in [6.45, 7) is 2.20. The second kappa shape index (κ2) is 6.19. The van der Waals surface area contributed by atoms with E-state index in [4.69, 9.17) is 11.6 Å². The minimum absolute atomic E-state index is 0.265. The third-order valence-corrected chi connectivity index (χ3v) is 3.91. The number of halogens is 1. The molecule has 0 saturated heterocycles. The van der Waals surface area contributed by atoms with Gasteiger partial charge in [-0.05, 0) is 30.2 Å². The fourth-order valence-electron chi connectivity index (χ4n) is 2.58. The van der Waals surface area contributed by atoms with Gasteiger partial charge in [0.15, 0.2) is 0 Å². The minimum atomic E-state index is 0.265. The standard InChI is InChI=1S/C17H18ClN3/c1-2-4-15(12-7-9-14(18)10-8-12)20-16-6-3-5-13-11-19-21-17(13)16/h3,5-11,15,20H,2,4H2,1H3,(H,19,21). The molecular weight excluding hydrogens is 282 g/mol. The summed E-state index contributed by atoms with van der Waals surface area (Å²) in [7, 11) is 0. The summed E-state index contributed by atoms with van der Waals surface area (Å²) in [4.78, 5) is 0. The van der Waals surface area contributed by atoms with Crippen molar-refractivity contribution in [2.75, 3.05) is 5.32 Å². The van der Waals surface area contributed by atoms with Crippen molar-refractivity contribution in [3.05, 3.63) is 59.2 Å². The molecule has 3 aromatic rings. The van der Waals surface area contributed by atoms with E-state index < -0.39 is 0 Å². The fourth-order valence-corrected chi connectivity index (χ4v) is 2.71. The maximum atomic E-state index is 5.98. The molecule has 0 amide bonds. The Hall–Kier alpha value is -2.00. The Morgan fingerprint density at radius 3 is 2.76 bits per heavy atom. The number of hydrogen-bond donors (Lipinski definition) is 2. The van der Waals surface area contributed by atoms with E-state index in [1.54, 1.807) is 0 Å². The zero-order valence-electron chi connectivity index (χ0n) is 11.9. The van der Waals surface area contributed by atoms with Crippen molar-refractivity contribution in [1.29, 1.82) is 0 Å². The van der Waals surface area contributed by atoms with Crippen molar-refractivity contribution in [3.8, 4) is 0 Å². The summed E-state index contributed by atoms with van der Waals surface area (Å²) in [6.07, 6.45) is 4.02. The molecule has 1 unspecified atom stereocenters. The van der Waals surface area contributed by atoms with Crippen LogP contribution in [0.2, 0.25) is 5.02 Å². The number of para-hydroxylation sites is 1. The van der Waals surface area contributed by atoms with Gasteiger partial charge < -0.3 is 5.32 Å². The number of anilines is 1. The van der Waals surface area contributed by atoms with Gasteiger partial charge in [0.2, 0.25) is 0 Å². The second-order valence-corrected chi connectivity index (χ2v) is 5.61. The molecule has 1 heterocycles. The van der Waals surface area contributed by atoms with E-state index in [2.05, 4.69) is 46.7 Å². The van der Waals surface area contributed by atoms with Gasteiger partial charge in [0.1, 0.15) is 0 Å². The molecule has 0 bridgehead atoms. The third-order valence-electron chi connectivity index (χ3n) is 3.66. The first-order valence-corrected chi connectivity index (χ1v) is 7.60. The lowest BCUT2D eigenvalue weighted by Crippen LogP contribution is -2.10. The molecule has 0 aliphatic carbocycles. The normalized spacial score (nSPS) is 12.5. The summed E-state index contributed by atoms with van der Waals surface area (Å²) in [5, 5.41) is 12.7. The zero-order chi connectivity index (χ0) is 14.7. The highest BCUT2D eigenvalue weighted by Gasteiger charge is 2.12. The van der Waals surface area contributed by atoms with E-state index in [1.165, 1.54) is 5.56 Å². The highest BCUT2D eigenvalue weighted by atomic mass is 35.5. The summed E-state index contributed by atoms with van der Waals surface area (Å²) in [5.41, 5.74) is 3.38. The molecule has 0 radical (unpaired) electrons. The van der Waals surface area contributed by atoms with E-state index in [1.807, 2.05) is 24.4 Å². The van der Waals surface area contributed by atoms with Crippen LogP contribution in [0.5, 0.6) is 0 Å². The topological polar surface area (TPSA) is 40.7 Å². The van der Waals surface area contributed by atoms with Crippen molar-refractivity contribution in [2.24, 2.45) is 0 Å². The van der Waals surface area contributed by atoms with Gasteiger partial charge in [-0.1, -0.05) is 49.2 Å². The van der Waals surface area contributed by atoms with Crippen LogP contribution in [0.3, 0.4) is 0 Å². The first-order chi connectivity index (χ1) is 10.3. The molecule has 3 nitrogen and oxygen atoms in total. The van der Waals surface area contributed by atoms with Crippen LogP contribution >= 0.6 is 11.6 Å². The van der Waals surface area contributed by atoms with Crippen molar-refractivity contribution in [3.63, 3.8) is 0 Å². The number of fused-ring (bicyclic) bond motifs is 1. The van der Waals surface area contributed by atoms with E-state index >= 15 is 0 Å². The smallest absolute Gasteiger partial charge is 0.0881 e. The van der Waals surface area contributed by atoms with Crippen molar-refractivity contribution in [1.82, 2.24) is 10.2 Å². The molecule has 0 aliphatic rings. The number of benzene rings is 2. The van der Waals surface area contributed by atoms with Gasteiger partial charge in [0.05, 0.1) is 23.4 Å². The first kappa shape index (κ1) is 14.0. The molecule has 3 rings (SSSR count). The fraction of sp³-hybridized carbons (Fsp3) is 0.235. The van der Waals surface area contributed by atoms with Crippen LogP contribution in [-0.2, 0) is 0 Å². The predicted octanol–water partition coefficient (Wildman–Crippen LogP) is 5.17. The Kier molecular flexibility index (Phi) is 4.11. The molecule has 2 aromatic carbocycles. The minimum Gasteiger partial charge on any atom is -0.376 e. The van der Waals surface area contributed by atoms with Gasteiger partial charge in [-0.3, -0.25) is 5.10 Å². The Labute approximate surface area is 129 Å². The Balaban J connectivity index is 1.91. The van der Waals surface area contributed by atoms with Crippen molar-refractivity contribution >= 4 is 28.2 Å². The lowest BCUT2D eigenvalue weighted by atomic mass is 10.0. The van der Waals surface area contributed by atoms with E-state index in [-0.39, 0.29) is 6.04 Å². The Morgan fingerprint density at radius 2 is 2.00 bits per heavy atom. The lowest BCUT2D eigenvalue weighted by molar-refractivity contribution is 0.678. The van der Waals surface area contributed by atoms with Gasteiger partial charge in [-0.2, -0.15) is 5.10 Å². The number of rotatable bonds is 5. The SMILES string of the molecule is CCCC(Nc1cccc2cn[nH]c12)c1ccc(Cl)cc1. The molecule has 4 heteroatoms. The summed E-state index contributed by atoms with van der Waals surface area (Å²) < 4.78 is 0. The molecule has 0 fully saturated rings. The molecule has 0 spiro atoms. The predicted molar refractivity (Wildman–Crippen MR) is 88.8 cm³/mol. The van der Waals surface area contributed by atoms with Gasteiger partial charge in [-0.15, -0.1) is 0 Å².